The zero-order chi connectivity index (χ0) is 15.8. The molecule has 0 spiro atoms. The summed E-state index contributed by atoms with van der Waals surface area (Å²) in [5, 5.41) is 9.14. The molecule has 0 aliphatic rings. The quantitative estimate of drug-likeness (QED) is 0.853. The maximum absolute atomic E-state index is 12.2. The van der Waals surface area contributed by atoms with Crippen LogP contribution in [0, 0.1) is 0 Å². The van der Waals surface area contributed by atoms with Crippen molar-refractivity contribution in [3.05, 3.63) is 70.2 Å². The zero-order valence-corrected chi connectivity index (χ0v) is 13.7. The molecule has 2 rings (SSSR count). The van der Waals surface area contributed by atoms with Gasteiger partial charge in [0.15, 0.2) is 0 Å². The van der Waals surface area contributed by atoms with Gasteiger partial charge in [-0.3, -0.25) is 0 Å². The number of benzene rings is 2. The minimum atomic E-state index is -0.433. The van der Waals surface area contributed by atoms with Crippen molar-refractivity contribution in [2.75, 3.05) is 13.2 Å². The predicted molar refractivity (Wildman–Crippen MR) is 88.3 cm³/mol. The van der Waals surface area contributed by atoms with E-state index in [1.54, 1.807) is 0 Å². The summed E-state index contributed by atoms with van der Waals surface area (Å²) < 4.78 is 6.26. The molecule has 116 valence electrons. The van der Waals surface area contributed by atoms with Gasteiger partial charge in [0.05, 0.1) is 6.61 Å². The van der Waals surface area contributed by atoms with E-state index < -0.39 is 6.09 Å². The second-order valence-corrected chi connectivity index (χ2v) is 5.73. The van der Waals surface area contributed by atoms with E-state index in [1.807, 2.05) is 54.6 Å². The molecular formula is C17H18BrNO3. The van der Waals surface area contributed by atoms with Crippen LogP contribution in [-0.4, -0.2) is 29.3 Å². The van der Waals surface area contributed by atoms with Gasteiger partial charge in [-0.2, -0.15) is 0 Å². The van der Waals surface area contributed by atoms with Crippen molar-refractivity contribution in [2.45, 2.75) is 13.2 Å². The Balaban J connectivity index is 1.96. The molecule has 0 saturated heterocycles. The number of nitrogens with zero attached hydrogens (tertiary/aromatic N) is 1. The average Bonchev–Trinajstić information content (AvgIpc) is 2.53. The summed E-state index contributed by atoms with van der Waals surface area (Å²) in [5.74, 6) is 0. The number of aliphatic hydroxyl groups excluding tert-OH is 1. The number of hydrogen-bond donors (Lipinski definition) is 1. The minimum Gasteiger partial charge on any atom is -0.445 e. The van der Waals surface area contributed by atoms with E-state index in [2.05, 4.69) is 15.9 Å². The van der Waals surface area contributed by atoms with Crippen LogP contribution in [0.3, 0.4) is 0 Å². The van der Waals surface area contributed by atoms with Gasteiger partial charge >= 0.3 is 6.09 Å². The molecule has 1 N–H and O–H groups in total. The van der Waals surface area contributed by atoms with Crippen molar-refractivity contribution >= 4 is 22.0 Å². The van der Waals surface area contributed by atoms with Gasteiger partial charge in [0.2, 0.25) is 0 Å². The van der Waals surface area contributed by atoms with E-state index in [0.717, 1.165) is 15.6 Å². The van der Waals surface area contributed by atoms with Crippen LogP contribution in [0.1, 0.15) is 11.1 Å². The van der Waals surface area contributed by atoms with Crippen LogP contribution < -0.4 is 0 Å². The Bertz CT molecular complexity index is 604. The molecule has 2 aromatic rings. The molecule has 5 heteroatoms. The first-order chi connectivity index (χ1) is 10.7. The molecule has 0 saturated carbocycles. The highest BCUT2D eigenvalue weighted by molar-refractivity contribution is 9.10. The Morgan fingerprint density at radius 2 is 1.82 bits per heavy atom. The lowest BCUT2D eigenvalue weighted by Gasteiger charge is -2.21. The van der Waals surface area contributed by atoms with E-state index in [4.69, 9.17) is 9.84 Å². The molecule has 0 bridgehead atoms. The topological polar surface area (TPSA) is 49.8 Å². The summed E-state index contributed by atoms with van der Waals surface area (Å²) in [6.45, 7) is 0.752. The van der Waals surface area contributed by atoms with Crippen LogP contribution in [0.4, 0.5) is 4.79 Å². The van der Waals surface area contributed by atoms with Crippen molar-refractivity contribution in [1.82, 2.24) is 4.90 Å². The number of carbonyl (C=O) groups excluding carboxylic acids is 1. The summed E-state index contributed by atoms with van der Waals surface area (Å²) in [6.07, 6.45) is -0.433. The molecule has 22 heavy (non-hydrogen) atoms. The van der Waals surface area contributed by atoms with Gasteiger partial charge in [0.25, 0.3) is 0 Å². The van der Waals surface area contributed by atoms with E-state index in [1.165, 1.54) is 4.90 Å². The van der Waals surface area contributed by atoms with Gasteiger partial charge in [-0.1, -0.05) is 58.4 Å². The van der Waals surface area contributed by atoms with E-state index in [0.29, 0.717) is 6.54 Å². The number of amides is 1. The maximum Gasteiger partial charge on any atom is 0.410 e. The summed E-state index contributed by atoms with van der Waals surface area (Å²) in [7, 11) is 0. The van der Waals surface area contributed by atoms with E-state index in [9.17, 15) is 4.79 Å². The number of rotatable bonds is 6. The van der Waals surface area contributed by atoms with Crippen LogP contribution in [0.5, 0.6) is 0 Å². The van der Waals surface area contributed by atoms with Gasteiger partial charge in [0, 0.05) is 17.6 Å². The third-order valence-electron chi connectivity index (χ3n) is 3.10. The van der Waals surface area contributed by atoms with Gasteiger partial charge in [-0.15, -0.1) is 0 Å². The Morgan fingerprint density at radius 1 is 1.09 bits per heavy atom. The number of carbonyl (C=O) groups is 1. The molecule has 0 heterocycles. The minimum absolute atomic E-state index is 0.103. The average molecular weight is 364 g/mol. The van der Waals surface area contributed by atoms with Crippen molar-refractivity contribution in [2.24, 2.45) is 0 Å². The lowest BCUT2D eigenvalue weighted by Crippen LogP contribution is -2.33. The highest BCUT2D eigenvalue weighted by Crippen LogP contribution is 2.14. The summed E-state index contributed by atoms with van der Waals surface area (Å²) in [4.78, 5) is 13.7. The first-order valence-electron chi connectivity index (χ1n) is 7.00. The summed E-state index contributed by atoms with van der Waals surface area (Å²) in [5.41, 5.74) is 1.90. The normalized spacial score (nSPS) is 10.3. The summed E-state index contributed by atoms with van der Waals surface area (Å²) in [6, 6.07) is 17.2. The van der Waals surface area contributed by atoms with Crippen molar-refractivity contribution < 1.29 is 14.6 Å². The monoisotopic (exact) mass is 363 g/mol. The molecule has 0 unspecified atom stereocenters. The largest absolute Gasteiger partial charge is 0.445 e. The molecule has 0 aliphatic carbocycles. The molecular weight excluding hydrogens is 346 g/mol. The molecule has 0 fully saturated rings. The molecule has 2 aromatic carbocycles. The fraction of sp³-hybridized carbons (Fsp3) is 0.235. The third kappa shape index (κ3) is 5.16. The fourth-order valence-corrected chi connectivity index (χ4v) is 2.47. The predicted octanol–water partition coefficient (Wildman–Crippen LogP) is 3.58. The van der Waals surface area contributed by atoms with Crippen molar-refractivity contribution in [1.29, 1.82) is 0 Å². The molecule has 0 aromatic heterocycles. The van der Waals surface area contributed by atoms with Crippen molar-refractivity contribution in [3.8, 4) is 0 Å². The standard InChI is InChI=1S/C17H18BrNO3/c18-16-8-4-7-15(11-16)12-19(9-10-20)17(21)22-13-14-5-2-1-3-6-14/h1-8,11,20H,9-10,12-13H2. The highest BCUT2D eigenvalue weighted by atomic mass is 79.9. The van der Waals surface area contributed by atoms with Gasteiger partial charge < -0.3 is 14.7 Å². The van der Waals surface area contributed by atoms with E-state index in [-0.39, 0.29) is 19.8 Å². The first-order valence-corrected chi connectivity index (χ1v) is 7.79. The first kappa shape index (κ1) is 16.5. The molecule has 1 amide bonds. The third-order valence-corrected chi connectivity index (χ3v) is 3.59. The van der Waals surface area contributed by atoms with Crippen molar-refractivity contribution in [3.63, 3.8) is 0 Å². The Kier molecular flexibility index (Phi) is 6.43. The van der Waals surface area contributed by atoms with Crippen LogP contribution in [0.2, 0.25) is 0 Å². The number of ether oxygens (including phenoxy) is 1. The van der Waals surface area contributed by atoms with Crippen LogP contribution in [-0.2, 0) is 17.9 Å². The Morgan fingerprint density at radius 3 is 2.50 bits per heavy atom. The molecule has 4 nitrogen and oxygen atoms in total. The summed E-state index contributed by atoms with van der Waals surface area (Å²) >= 11 is 3.41. The second-order valence-electron chi connectivity index (χ2n) is 4.82. The van der Waals surface area contributed by atoms with Crippen LogP contribution in [0.25, 0.3) is 0 Å². The maximum atomic E-state index is 12.2. The lowest BCUT2D eigenvalue weighted by atomic mass is 10.2. The molecule has 0 radical (unpaired) electrons. The number of aliphatic hydroxyl groups is 1. The van der Waals surface area contributed by atoms with E-state index >= 15 is 0 Å². The lowest BCUT2D eigenvalue weighted by molar-refractivity contribution is 0.0859. The van der Waals surface area contributed by atoms with Crippen LogP contribution >= 0.6 is 15.9 Å². The molecule has 0 atom stereocenters. The highest BCUT2D eigenvalue weighted by Gasteiger charge is 2.15. The number of halogens is 1. The van der Waals surface area contributed by atoms with Gasteiger partial charge in [-0.05, 0) is 23.3 Å². The zero-order valence-electron chi connectivity index (χ0n) is 12.1. The fourth-order valence-electron chi connectivity index (χ4n) is 2.02. The Hall–Kier alpha value is -1.85. The second kappa shape index (κ2) is 8.56. The number of hydrogen-bond acceptors (Lipinski definition) is 3. The Labute approximate surface area is 138 Å². The SMILES string of the molecule is O=C(OCc1ccccc1)N(CCO)Cc1cccc(Br)c1. The van der Waals surface area contributed by atoms with Gasteiger partial charge in [-0.25, -0.2) is 4.79 Å². The van der Waals surface area contributed by atoms with Crippen LogP contribution in [0.15, 0.2) is 59.1 Å². The molecule has 0 aliphatic heterocycles. The van der Waals surface area contributed by atoms with Gasteiger partial charge in [0.1, 0.15) is 6.61 Å². The smallest absolute Gasteiger partial charge is 0.410 e.